The number of rotatable bonds is 19. The van der Waals surface area contributed by atoms with E-state index in [0.29, 0.717) is 27.7 Å². The van der Waals surface area contributed by atoms with Crippen molar-refractivity contribution in [2.24, 2.45) is 48.3 Å². The fourth-order valence-corrected chi connectivity index (χ4v) is 14.8. The maximum Gasteiger partial charge on any atom is 0.336 e. The molecule has 66 heavy (non-hydrogen) atoms. The van der Waals surface area contributed by atoms with Gasteiger partial charge in [0.1, 0.15) is 11.3 Å². The minimum Gasteiger partial charge on any atom is -0.478 e. The van der Waals surface area contributed by atoms with Crippen LogP contribution in [0.25, 0.3) is 33.4 Å². The van der Waals surface area contributed by atoms with Crippen molar-refractivity contribution in [2.45, 2.75) is 222 Å². The first kappa shape index (κ1) is 56.7. The molecule has 5 heteroatoms. The Kier molecular flexibility index (Phi) is 16.7. The fraction of sp³-hybridized carbons (Fsp3) is 0.672. The topological polar surface area (TPSA) is 74.8 Å². The first-order chi connectivity index (χ1) is 29.1. The summed E-state index contributed by atoms with van der Waals surface area (Å²) in [5.74, 6) is -0.274. The third-order valence-electron chi connectivity index (χ3n) is 12.7. The second-order valence-electron chi connectivity index (χ2n) is 29.2. The van der Waals surface area contributed by atoms with E-state index in [1.165, 1.54) is 25.7 Å². The van der Waals surface area contributed by atoms with Crippen molar-refractivity contribution >= 4 is 22.6 Å². The van der Waals surface area contributed by atoms with Crippen LogP contribution in [0.3, 0.4) is 0 Å². The van der Waals surface area contributed by atoms with E-state index in [9.17, 15) is 9.90 Å². The van der Waals surface area contributed by atoms with E-state index in [1.54, 1.807) is 12.1 Å². The van der Waals surface area contributed by atoms with Gasteiger partial charge in [0, 0.05) is 39.9 Å². The highest BCUT2D eigenvalue weighted by molar-refractivity contribution is 6.07. The van der Waals surface area contributed by atoms with E-state index in [1.807, 2.05) is 18.2 Å². The summed E-state index contributed by atoms with van der Waals surface area (Å²) in [5, 5.41) is 16.0. The number of hydrogen-bond donors (Lipinski definition) is 2. The van der Waals surface area contributed by atoms with Crippen LogP contribution in [0.1, 0.15) is 221 Å². The molecule has 0 saturated heterocycles. The van der Waals surface area contributed by atoms with Gasteiger partial charge in [0.2, 0.25) is 0 Å². The summed E-state index contributed by atoms with van der Waals surface area (Å²) in [6, 6.07) is 19.8. The highest BCUT2D eigenvalue weighted by Crippen LogP contribution is 2.50. The highest BCUT2D eigenvalue weighted by atomic mass is 16.4. The van der Waals surface area contributed by atoms with Crippen molar-refractivity contribution in [3.05, 3.63) is 71.6 Å². The predicted octanol–water partition coefficient (Wildman–Crippen LogP) is 18.8. The van der Waals surface area contributed by atoms with Gasteiger partial charge < -0.3 is 14.8 Å². The van der Waals surface area contributed by atoms with Gasteiger partial charge in [0.25, 0.3) is 0 Å². The Morgan fingerprint density at radius 3 is 1.47 bits per heavy atom. The van der Waals surface area contributed by atoms with Crippen LogP contribution in [0.5, 0.6) is 0 Å². The number of anilines is 1. The van der Waals surface area contributed by atoms with Gasteiger partial charge in [-0.2, -0.15) is 0 Å². The first-order valence-corrected chi connectivity index (χ1v) is 24.7. The molecule has 0 amide bonds. The van der Waals surface area contributed by atoms with Crippen LogP contribution in [-0.2, 0) is 0 Å². The lowest BCUT2D eigenvalue weighted by Gasteiger charge is -2.44. The van der Waals surface area contributed by atoms with E-state index < -0.39 is 5.97 Å². The van der Waals surface area contributed by atoms with Crippen LogP contribution in [0, 0.1) is 43.3 Å². The fourth-order valence-electron chi connectivity index (χ4n) is 14.8. The van der Waals surface area contributed by atoms with Crippen molar-refractivity contribution in [1.82, 2.24) is 0 Å². The Balaban J connectivity index is 0.0000116. The molecular formula is C61H98N2O3. The summed E-state index contributed by atoms with van der Waals surface area (Å²) in [4.78, 5) is 18.1. The van der Waals surface area contributed by atoms with E-state index >= 15 is 0 Å². The predicted molar refractivity (Wildman–Crippen MR) is 288 cm³/mol. The summed E-state index contributed by atoms with van der Waals surface area (Å²) in [6.07, 6.45) is 8.90. The molecule has 2 aromatic carbocycles. The van der Waals surface area contributed by atoms with Crippen molar-refractivity contribution in [3.63, 3.8) is 0 Å². The van der Waals surface area contributed by atoms with Crippen LogP contribution < -0.4 is 10.7 Å². The third-order valence-corrected chi connectivity index (χ3v) is 12.7. The molecule has 0 saturated carbocycles. The van der Waals surface area contributed by atoms with Crippen LogP contribution in [0.15, 0.2) is 70.1 Å². The minimum atomic E-state index is -0.955. The number of carbonyl (C=O) groups is 1. The number of benzene rings is 3. The van der Waals surface area contributed by atoms with Gasteiger partial charge >= 0.3 is 5.97 Å². The van der Waals surface area contributed by atoms with Crippen molar-refractivity contribution in [2.75, 3.05) is 5.32 Å². The lowest BCUT2D eigenvalue weighted by atomic mass is 9.62. The summed E-state index contributed by atoms with van der Waals surface area (Å²) in [6.45, 7) is 52.4. The highest BCUT2D eigenvalue weighted by Gasteiger charge is 2.40. The molecule has 0 unspecified atom stereocenters. The number of aromatic carboxylic acids is 1. The average Bonchev–Trinajstić information content (AvgIpc) is 3.00. The van der Waals surface area contributed by atoms with Crippen LogP contribution in [0.4, 0.5) is 5.69 Å². The Labute approximate surface area is 405 Å². The number of nitrogens with one attached hydrogen (secondary N) is 1. The average molecular weight is 907 g/mol. The first-order valence-electron chi connectivity index (χ1n) is 24.7. The molecule has 1 heterocycles. The normalized spacial score (nSPS) is 14.5. The van der Waals surface area contributed by atoms with Gasteiger partial charge in [-0.25, -0.2) is 4.79 Å². The molecule has 4 rings (SSSR count). The van der Waals surface area contributed by atoms with E-state index in [2.05, 4.69) is 188 Å². The molecule has 2 N–H and O–H groups in total. The second-order valence-corrected chi connectivity index (χ2v) is 29.2. The maximum absolute atomic E-state index is 12.7. The van der Waals surface area contributed by atoms with Gasteiger partial charge in [-0.15, -0.1) is 0 Å². The van der Waals surface area contributed by atoms with E-state index in [0.717, 1.165) is 53.2 Å². The van der Waals surface area contributed by atoms with Gasteiger partial charge in [0.05, 0.1) is 16.5 Å². The van der Waals surface area contributed by atoms with E-state index in [-0.39, 0.29) is 56.6 Å². The molecule has 0 spiro atoms. The molecule has 0 fully saturated rings. The lowest BCUT2D eigenvalue weighted by Crippen LogP contribution is -2.39. The zero-order chi connectivity index (χ0) is 49.6. The Hall–Kier alpha value is -3.60. The van der Waals surface area contributed by atoms with Crippen molar-refractivity contribution < 1.29 is 14.3 Å². The molecule has 0 aromatic heterocycles. The van der Waals surface area contributed by atoms with Crippen LogP contribution >= 0.6 is 0 Å². The molecule has 1 aliphatic heterocycles. The Bertz CT molecular complexity index is 2310. The summed E-state index contributed by atoms with van der Waals surface area (Å²) in [5.41, 5.74) is 5.39. The molecule has 1 aliphatic carbocycles. The van der Waals surface area contributed by atoms with Gasteiger partial charge in [-0.05, 0) is 158 Å². The molecule has 0 bridgehead atoms. The quantitative estimate of drug-likeness (QED) is 0.0919. The number of carboxylic acid groups (broad SMARTS) is 1. The number of carboxylic acids is 1. The zero-order valence-corrected chi connectivity index (χ0v) is 45.6. The molecule has 5 nitrogen and oxygen atoms in total. The summed E-state index contributed by atoms with van der Waals surface area (Å²) < 4.78 is 6.87. The number of hydrogen-bond acceptors (Lipinski definition) is 4. The summed E-state index contributed by atoms with van der Waals surface area (Å²) >= 11 is 0. The van der Waals surface area contributed by atoms with E-state index in [4.69, 9.17) is 9.41 Å². The second kappa shape index (κ2) is 19.4. The summed E-state index contributed by atoms with van der Waals surface area (Å²) in [7, 11) is 0. The molecule has 0 radical (unpaired) electrons. The number of nitrogens with zero attached hydrogens (tertiary/aromatic N) is 1. The molecule has 370 valence electrons. The van der Waals surface area contributed by atoms with Crippen molar-refractivity contribution in [1.29, 1.82) is 0 Å². The minimum absolute atomic E-state index is 0. The molecular weight excluding hydrogens is 809 g/mol. The van der Waals surface area contributed by atoms with Gasteiger partial charge in [-0.3, -0.25) is 4.99 Å². The molecule has 2 aliphatic rings. The molecule has 0 atom stereocenters. The zero-order valence-electron chi connectivity index (χ0n) is 45.6. The molecule has 2 aromatic rings. The van der Waals surface area contributed by atoms with Crippen LogP contribution in [-0.4, -0.2) is 22.2 Å². The lowest BCUT2D eigenvalue weighted by molar-refractivity contribution is 0.0696. The SMILES string of the molecule is C.CC(C)(C)CC(C)(C)CC(C)(C)CC(C)(C)CC(C)(C)N=c1ccc2c(-c3ccccc3C(=O)O)c3ccc(NC(C)(C)CC(C)(C)CC(C)(C)CC(C)(C)CC(C)(C)C)cc3oc-2c1. The third kappa shape index (κ3) is 17.2. The van der Waals surface area contributed by atoms with Crippen molar-refractivity contribution in [3.8, 4) is 22.5 Å². The van der Waals surface area contributed by atoms with Crippen LogP contribution in [0.2, 0.25) is 0 Å². The van der Waals surface area contributed by atoms with Gasteiger partial charge in [-0.1, -0.05) is 150 Å². The van der Waals surface area contributed by atoms with Gasteiger partial charge in [0.15, 0.2) is 0 Å². The monoisotopic (exact) mass is 907 g/mol. The standard InChI is InChI=1S/C60H94N2O3.CH4/c1-51(2,3)33-53(7,8)35-55(11,12)37-57(15,16)39-59(19,20)61-41-27-29-45-47(31-41)65-48-32-42(28-30-46(48)49(45)43-25-23-24-26-44(43)50(63)64)62-60(21,22)40-58(17,18)38-56(13,14)36-54(9,10)34-52(4,5)6;/h23-32,61H,33-40H2,1-22H3,(H,63,64);1H4. The largest absolute Gasteiger partial charge is 0.478 e. The Morgan fingerprint density at radius 1 is 0.530 bits per heavy atom. The Morgan fingerprint density at radius 2 is 0.985 bits per heavy atom. The smallest absolute Gasteiger partial charge is 0.336 e. The maximum atomic E-state index is 12.7. The number of fused-ring (bicyclic) bond motifs is 2.